The summed E-state index contributed by atoms with van der Waals surface area (Å²) in [4.78, 5) is 11.9. The van der Waals surface area contributed by atoms with Gasteiger partial charge in [-0.3, -0.25) is 4.79 Å². The van der Waals surface area contributed by atoms with Gasteiger partial charge in [0.2, 0.25) is 5.91 Å². The lowest BCUT2D eigenvalue weighted by Crippen LogP contribution is -2.27. The highest BCUT2D eigenvalue weighted by molar-refractivity contribution is 5.76. The number of hydrogen-bond acceptors (Lipinski definition) is 4. The van der Waals surface area contributed by atoms with Crippen molar-refractivity contribution in [3.8, 4) is 29.6 Å². The van der Waals surface area contributed by atoms with Crippen molar-refractivity contribution in [3.63, 3.8) is 0 Å². The second-order valence-corrected chi connectivity index (χ2v) is 5.99. The number of terminal acetylenes is 1. The average Bonchev–Trinajstić information content (AvgIpc) is 2.68. The van der Waals surface area contributed by atoms with Crippen LogP contribution in [0.2, 0.25) is 0 Å². The van der Waals surface area contributed by atoms with Crippen LogP contribution in [0.3, 0.4) is 0 Å². The summed E-state index contributed by atoms with van der Waals surface area (Å²) in [5.74, 6) is 4.43. The maximum Gasteiger partial charge on any atom is 0.223 e. The van der Waals surface area contributed by atoms with Crippen LogP contribution in [0, 0.1) is 19.3 Å². The molecule has 0 unspecified atom stereocenters. The van der Waals surface area contributed by atoms with Crippen molar-refractivity contribution in [1.82, 2.24) is 5.32 Å². The lowest BCUT2D eigenvalue weighted by atomic mass is 10.1. The number of nitrogens with one attached hydrogen (secondary N) is 1. The van der Waals surface area contributed by atoms with Gasteiger partial charge in [-0.1, -0.05) is 24.1 Å². The second-order valence-electron chi connectivity index (χ2n) is 5.99. The predicted octanol–water partition coefficient (Wildman–Crippen LogP) is 3.14. The first kappa shape index (κ1) is 20.2. The van der Waals surface area contributed by atoms with Crippen LogP contribution in [0.25, 0.3) is 0 Å². The first-order chi connectivity index (χ1) is 13.1. The highest BCUT2D eigenvalue weighted by atomic mass is 16.5. The van der Waals surface area contributed by atoms with E-state index in [1.54, 1.807) is 7.11 Å². The zero-order chi connectivity index (χ0) is 19.5. The zero-order valence-electron chi connectivity index (χ0n) is 15.8. The van der Waals surface area contributed by atoms with Crippen LogP contribution < -0.4 is 19.5 Å². The van der Waals surface area contributed by atoms with E-state index < -0.39 is 0 Å². The van der Waals surface area contributed by atoms with Crippen molar-refractivity contribution in [2.45, 2.75) is 19.8 Å². The van der Waals surface area contributed by atoms with E-state index in [0.29, 0.717) is 24.7 Å². The lowest BCUT2D eigenvalue weighted by Gasteiger charge is -2.11. The molecule has 5 heteroatoms. The molecule has 0 aliphatic heterocycles. The summed E-state index contributed by atoms with van der Waals surface area (Å²) >= 11 is 0. The van der Waals surface area contributed by atoms with E-state index in [-0.39, 0.29) is 18.9 Å². The number of carbonyl (C=O) groups is 1. The zero-order valence-corrected chi connectivity index (χ0v) is 15.8. The van der Waals surface area contributed by atoms with Crippen LogP contribution in [0.5, 0.6) is 17.2 Å². The van der Waals surface area contributed by atoms with Crippen molar-refractivity contribution in [1.29, 1.82) is 0 Å². The third-order valence-corrected chi connectivity index (χ3v) is 3.89. The molecule has 0 heterocycles. The maximum atomic E-state index is 11.9. The van der Waals surface area contributed by atoms with Crippen LogP contribution >= 0.6 is 0 Å². The Morgan fingerprint density at radius 3 is 2.59 bits per heavy atom. The minimum absolute atomic E-state index is 0.0462. The molecule has 0 fully saturated rings. The van der Waals surface area contributed by atoms with Gasteiger partial charge >= 0.3 is 0 Å². The monoisotopic (exact) mass is 367 g/mol. The normalized spacial score (nSPS) is 9.96. The molecule has 0 aromatic heterocycles. The smallest absolute Gasteiger partial charge is 0.223 e. The number of amides is 1. The maximum absolute atomic E-state index is 11.9. The van der Waals surface area contributed by atoms with Crippen molar-refractivity contribution in [3.05, 3.63) is 53.6 Å². The van der Waals surface area contributed by atoms with Crippen LogP contribution in [0.15, 0.2) is 42.5 Å². The minimum Gasteiger partial charge on any atom is -0.493 e. The molecule has 0 aliphatic carbocycles. The number of ether oxygens (including phenoxy) is 3. The number of aryl methyl sites for hydroxylation is 1. The minimum atomic E-state index is -0.0462. The number of hydrogen-bond donors (Lipinski definition) is 1. The van der Waals surface area contributed by atoms with Crippen LogP contribution in [0.1, 0.15) is 17.5 Å². The van der Waals surface area contributed by atoms with Gasteiger partial charge in [0, 0.05) is 6.54 Å². The Morgan fingerprint density at radius 1 is 1.11 bits per heavy atom. The van der Waals surface area contributed by atoms with Crippen molar-refractivity contribution < 1.29 is 19.0 Å². The standard InChI is InChI=1S/C22H25NO4/c1-4-14-26-19-8-6-18(7-9-19)11-13-23-22(24)12-15-27-20-10-5-17(2)16-21(20)25-3/h1,5-10,16H,11-15H2,2-3H3,(H,23,24). The average molecular weight is 367 g/mol. The molecule has 1 amide bonds. The molecule has 1 N–H and O–H groups in total. The molecular weight excluding hydrogens is 342 g/mol. The van der Waals surface area contributed by atoms with Crippen molar-refractivity contribution >= 4 is 5.91 Å². The fourth-order valence-electron chi connectivity index (χ4n) is 2.46. The van der Waals surface area contributed by atoms with Crippen LogP contribution in [-0.4, -0.2) is 32.8 Å². The van der Waals surface area contributed by atoms with E-state index in [9.17, 15) is 4.79 Å². The Hall–Kier alpha value is -3.13. The highest BCUT2D eigenvalue weighted by Gasteiger charge is 2.06. The fourth-order valence-corrected chi connectivity index (χ4v) is 2.46. The fraction of sp³-hybridized carbons (Fsp3) is 0.318. The number of benzene rings is 2. The van der Waals surface area contributed by atoms with E-state index >= 15 is 0 Å². The molecular formula is C22H25NO4. The molecule has 0 spiro atoms. The molecule has 0 atom stereocenters. The van der Waals surface area contributed by atoms with E-state index in [0.717, 1.165) is 23.3 Å². The van der Waals surface area contributed by atoms with Gasteiger partial charge in [-0.15, -0.1) is 6.42 Å². The van der Waals surface area contributed by atoms with Gasteiger partial charge < -0.3 is 19.5 Å². The molecule has 0 aliphatic rings. The predicted molar refractivity (Wildman–Crippen MR) is 105 cm³/mol. The second kappa shape index (κ2) is 10.8. The summed E-state index contributed by atoms with van der Waals surface area (Å²) in [7, 11) is 1.60. The molecule has 142 valence electrons. The van der Waals surface area contributed by atoms with Gasteiger partial charge in [0.1, 0.15) is 12.4 Å². The summed E-state index contributed by atoms with van der Waals surface area (Å²) in [5.41, 5.74) is 2.21. The van der Waals surface area contributed by atoms with E-state index in [1.807, 2.05) is 49.4 Å². The van der Waals surface area contributed by atoms with Crippen LogP contribution in [0.4, 0.5) is 0 Å². The van der Waals surface area contributed by atoms with Crippen molar-refractivity contribution in [2.24, 2.45) is 0 Å². The van der Waals surface area contributed by atoms with E-state index in [2.05, 4.69) is 11.2 Å². The number of methoxy groups -OCH3 is 1. The highest BCUT2D eigenvalue weighted by Crippen LogP contribution is 2.27. The molecule has 0 radical (unpaired) electrons. The van der Waals surface area contributed by atoms with Gasteiger partial charge in [-0.25, -0.2) is 0 Å². The summed E-state index contributed by atoms with van der Waals surface area (Å²) in [6, 6.07) is 13.4. The molecule has 2 aromatic rings. The topological polar surface area (TPSA) is 56.8 Å². The number of carbonyl (C=O) groups excluding carboxylic acids is 1. The Bertz CT molecular complexity index is 778. The number of rotatable bonds is 10. The molecule has 0 saturated carbocycles. The van der Waals surface area contributed by atoms with E-state index in [4.69, 9.17) is 20.6 Å². The van der Waals surface area contributed by atoms with Gasteiger partial charge in [0.25, 0.3) is 0 Å². The Labute approximate surface area is 160 Å². The van der Waals surface area contributed by atoms with Gasteiger partial charge in [0.05, 0.1) is 20.1 Å². The molecule has 2 rings (SSSR count). The van der Waals surface area contributed by atoms with Crippen LogP contribution in [-0.2, 0) is 11.2 Å². The third kappa shape index (κ3) is 6.95. The Morgan fingerprint density at radius 2 is 1.89 bits per heavy atom. The molecule has 2 aromatic carbocycles. The molecule has 5 nitrogen and oxygen atoms in total. The van der Waals surface area contributed by atoms with Gasteiger partial charge in [-0.2, -0.15) is 0 Å². The summed E-state index contributed by atoms with van der Waals surface area (Å²) in [6.45, 7) is 3.10. The summed E-state index contributed by atoms with van der Waals surface area (Å²) in [5, 5.41) is 2.90. The molecule has 0 saturated heterocycles. The van der Waals surface area contributed by atoms with E-state index in [1.165, 1.54) is 0 Å². The first-order valence-corrected chi connectivity index (χ1v) is 8.81. The molecule has 27 heavy (non-hydrogen) atoms. The third-order valence-electron chi connectivity index (χ3n) is 3.89. The molecule has 0 bridgehead atoms. The summed E-state index contributed by atoms with van der Waals surface area (Å²) < 4.78 is 16.3. The van der Waals surface area contributed by atoms with Crippen molar-refractivity contribution in [2.75, 3.05) is 26.9 Å². The Kier molecular flexibility index (Phi) is 8.05. The Balaban J connectivity index is 1.67. The van der Waals surface area contributed by atoms with Gasteiger partial charge in [0.15, 0.2) is 11.5 Å². The largest absolute Gasteiger partial charge is 0.493 e. The lowest BCUT2D eigenvalue weighted by molar-refractivity contribution is -0.121. The SMILES string of the molecule is C#CCOc1ccc(CCNC(=O)CCOc2ccc(C)cc2OC)cc1. The van der Waals surface area contributed by atoms with Gasteiger partial charge in [-0.05, 0) is 48.7 Å². The first-order valence-electron chi connectivity index (χ1n) is 8.81. The quantitative estimate of drug-likeness (QED) is 0.656. The summed E-state index contributed by atoms with van der Waals surface area (Å²) in [6.07, 6.45) is 6.19.